The number of carboxylic acids is 1. The highest BCUT2D eigenvalue weighted by molar-refractivity contribution is 6.05. The summed E-state index contributed by atoms with van der Waals surface area (Å²) < 4.78 is 9.91. The van der Waals surface area contributed by atoms with Crippen LogP contribution in [-0.4, -0.2) is 64.1 Å². The summed E-state index contributed by atoms with van der Waals surface area (Å²) in [7, 11) is 0. The van der Waals surface area contributed by atoms with E-state index in [1.165, 1.54) is 0 Å². The summed E-state index contributed by atoms with van der Waals surface area (Å²) in [6.07, 6.45) is -1.32. The Hall–Kier alpha value is -2.65. The SMILES string of the molecule is CC(C)(C)OC(=O)N1CCC(=O)CC1=O.CC(C)(C)OC(=O)NCCC(=O)O. The molecule has 3 amide bonds. The molecule has 0 aromatic heterocycles. The number of imide groups is 1. The number of hydrogen-bond donors (Lipinski definition) is 2. The highest BCUT2D eigenvalue weighted by Crippen LogP contribution is 2.14. The lowest BCUT2D eigenvalue weighted by molar-refractivity contribution is -0.139. The average Bonchev–Trinajstić information content (AvgIpc) is 2.43. The Morgan fingerprint density at radius 1 is 1.04 bits per heavy atom. The lowest BCUT2D eigenvalue weighted by Gasteiger charge is -2.27. The number of amides is 3. The molecule has 0 aromatic rings. The van der Waals surface area contributed by atoms with E-state index in [4.69, 9.17) is 14.6 Å². The molecular formula is C18H30N2O8. The summed E-state index contributed by atoms with van der Waals surface area (Å²) in [4.78, 5) is 55.7. The van der Waals surface area contributed by atoms with E-state index in [0.717, 1.165) is 4.90 Å². The van der Waals surface area contributed by atoms with Gasteiger partial charge >= 0.3 is 18.2 Å². The van der Waals surface area contributed by atoms with Gasteiger partial charge in [-0.3, -0.25) is 14.4 Å². The van der Waals surface area contributed by atoms with E-state index in [1.54, 1.807) is 41.5 Å². The van der Waals surface area contributed by atoms with Crippen LogP contribution >= 0.6 is 0 Å². The number of nitrogens with zero attached hydrogens (tertiary/aromatic N) is 1. The Bertz CT molecular complexity index is 602. The van der Waals surface area contributed by atoms with E-state index in [2.05, 4.69) is 5.32 Å². The molecule has 160 valence electrons. The summed E-state index contributed by atoms with van der Waals surface area (Å²) >= 11 is 0. The van der Waals surface area contributed by atoms with Gasteiger partial charge in [-0.2, -0.15) is 0 Å². The van der Waals surface area contributed by atoms with Crippen LogP contribution < -0.4 is 5.32 Å². The van der Waals surface area contributed by atoms with Crippen molar-refractivity contribution in [3.8, 4) is 0 Å². The van der Waals surface area contributed by atoms with E-state index in [-0.39, 0.29) is 38.1 Å². The summed E-state index contributed by atoms with van der Waals surface area (Å²) in [6, 6.07) is 0. The third-order valence-corrected chi connectivity index (χ3v) is 2.88. The van der Waals surface area contributed by atoms with Gasteiger partial charge in [-0.05, 0) is 41.5 Å². The lowest BCUT2D eigenvalue weighted by Crippen LogP contribution is -2.45. The molecule has 0 aromatic carbocycles. The predicted octanol–water partition coefficient (Wildman–Crippen LogP) is 2.10. The molecular weight excluding hydrogens is 372 g/mol. The number of carboxylic acid groups (broad SMARTS) is 1. The Kier molecular flexibility index (Phi) is 9.62. The number of hydrogen-bond acceptors (Lipinski definition) is 7. The predicted molar refractivity (Wildman–Crippen MR) is 98.7 cm³/mol. The molecule has 0 saturated carbocycles. The molecule has 10 nitrogen and oxygen atoms in total. The minimum atomic E-state index is -0.948. The van der Waals surface area contributed by atoms with E-state index < -0.39 is 35.3 Å². The monoisotopic (exact) mass is 402 g/mol. The van der Waals surface area contributed by atoms with Crippen LogP contribution in [-0.2, 0) is 23.9 Å². The molecule has 10 heteroatoms. The number of ketones is 1. The molecule has 0 bridgehead atoms. The number of piperidine rings is 1. The Labute approximate surface area is 164 Å². The number of likely N-dealkylation sites (tertiary alicyclic amines) is 1. The zero-order valence-electron chi connectivity index (χ0n) is 17.3. The second-order valence-electron chi connectivity index (χ2n) is 8.06. The normalized spacial score (nSPS) is 14.6. The van der Waals surface area contributed by atoms with Crippen molar-refractivity contribution < 1.29 is 38.6 Å². The van der Waals surface area contributed by atoms with E-state index in [9.17, 15) is 24.0 Å². The van der Waals surface area contributed by atoms with Gasteiger partial charge in [-0.15, -0.1) is 0 Å². The van der Waals surface area contributed by atoms with Crippen molar-refractivity contribution in [3.63, 3.8) is 0 Å². The molecule has 28 heavy (non-hydrogen) atoms. The fourth-order valence-corrected chi connectivity index (χ4v) is 1.81. The zero-order chi connectivity index (χ0) is 22.1. The highest BCUT2D eigenvalue weighted by atomic mass is 16.6. The Morgan fingerprint density at radius 3 is 2.00 bits per heavy atom. The van der Waals surface area contributed by atoms with Gasteiger partial charge in [0, 0.05) is 19.5 Å². The van der Waals surface area contributed by atoms with Crippen molar-refractivity contribution in [2.24, 2.45) is 0 Å². The summed E-state index contributed by atoms with van der Waals surface area (Å²) in [6.45, 7) is 10.6. The first-order chi connectivity index (χ1) is 12.6. The fourth-order valence-electron chi connectivity index (χ4n) is 1.81. The molecule has 1 aliphatic rings. The molecule has 1 rings (SSSR count). The maximum absolute atomic E-state index is 11.5. The second kappa shape index (κ2) is 10.6. The van der Waals surface area contributed by atoms with Crippen molar-refractivity contribution in [1.29, 1.82) is 0 Å². The number of carbonyl (C=O) groups excluding carboxylic acids is 4. The van der Waals surface area contributed by atoms with Crippen LogP contribution in [0.4, 0.5) is 9.59 Å². The van der Waals surface area contributed by atoms with Gasteiger partial charge in [-0.25, -0.2) is 14.5 Å². The number of nitrogens with one attached hydrogen (secondary N) is 1. The largest absolute Gasteiger partial charge is 0.481 e. The van der Waals surface area contributed by atoms with Crippen LogP contribution in [0.15, 0.2) is 0 Å². The van der Waals surface area contributed by atoms with Crippen molar-refractivity contribution in [2.45, 2.75) is 72.0 Å². The van der Waals surface area contributed by atoms with Gasteiger partial charge in [0.2, 0.25) is 5.91 Å². The molecule has 1 saturated heterocycles. The molecule has 1 fully saturated rings. The van der Waals surface area contributed by atoms with Crippen LogP contribution in [0.1, 0.15) is 60.8 Å². The molecule has 1 heterocycles. The number of Topliss-reactive ketones (excluding diaryl/α,β-unsaturated/α-hetero) is 1. The number of aliphatic carboxylic acids is 1. The molecule has 0 spiro atoms. The fraction of sp³-hybridized carbons (Fsp3) is 0.722. The van der Waals surface area contributed by atoms with Crippen LogP contribution in [0.2, 0.25) is 0 Å². The van der Waals surface area contributed by atoms with E-state index >= 15 is 0 Å². The second-order valence-corrected chi connectivity index (χ2v) is 8.06. The Balaban J connectivity index is 0.000000528. The molecule has 0 radical (unpaired) electrons. The smallest absolute Gasteiger partial charge is 0.417 e. The summed E-state index contributed by atoms with van der Waals surface area (Å²) in [5.41, 5.74) is -1.17. The molecule has 1 aliphatic heterocycles. The number of ether oxygens (including phenoxy) is 2. The average molecular weight is 402 g/mol. The first-order valence-corrected chi connectivity index (χ1v) is 8.84. The van der Waals surface area contributed by atoms with Crippen LogP contribution in [0.3, 0.4) is 0 Å². The number of alkyl carbamates (subject to hydrolysis) is 1. The lowest BCUT2D eigenvalue weighted by atomic mass is 10.1. The Morgan fingerprint density at radius 2 is 1.57 bits per heavy atom. The van der Waals surface area contributed by atoms with E-state index in [0.29, 0.717) is 0 Å². The van der Waals surface area contributed by atoms with E-state index in [1.807, 2.05) is 0 Å². The van der Waals surface area contributed by atoms with Gasteiger partial charge in [0.1, 0.15) is 17.0 Å². The van der Waals surface area contributed by atoms with Crippen LogP contribution in [0.5, 0.6) is 0 Å². The summed E-state index contributed by atoms with van der Waals surface area (Å²) in [5, 5.41) is 10.6. The van der Waals surface area contributed by atoms with Crippen molar-refractivity contribution in [1.82, 2.24) is 10.2 Å². The summed E-state index contributed by atoms with van der Waals surface area (Å²) in [5.74, 6) is -1.55. The van der Waals surface area contributed by atoms with Gasteiger partial charge in [-0.1, -0.05) is 0 Å². The first kappa shape index (κ1) is 25.4. The topological polar surface area (TPSA) is 139 Å². The maximum atomic E-state index is 11.5. The first-order valence-electron chi connectivity index (χ1n) is 8.84. The number of carbonyl (C=O) groups is 5. The molecule has 0 aliphatic carbocycles. The van der Waals surface area contributed by atoms with Crippen molar-refractivity contribution in [2.75, 3.05) is 13.1 Å². The molecule has 2 N–H and O–H groups in total. The van der Waals surface area contributed by atoms with Gasteiger partial charge < -0.3 is 19.9 Å². The van der Waals surface area contributed by atoms with Gasteiger partial charge in [0.05, 0.1) is 12.8 Å². The van der Waals surface area contributed by atoms with Gasteiger partial charge in [0.15, 0.2) is 0 Å². The highest BCUT2D eigenvalue weighted by Gasteiger charge is 2.31. The third-order valence-electron chi connectivity index (χ3n) is 2.88. The van der Waals surface area contributed by atoms with Crippen molar-refractivity contribution >= 4 is 29.8 Å². The van der Waals surface area contributed by atoms with Crippen LogP contribution in [0, 0.1) is 0 Å². The van der Waals surface area contributed by atoms with Crippen LogP contribution in [0.25, 0.3) is 0 Å². The molecule has 0 unspecified atom stereocenters. The van der Waals surface area contributed by atoms with Gasteiger partial charge in [0.25, 0.3) is 0 Å². The standard InChI is InChI=1S/C10H15NO4.C8H15NO4/c1-10(2,3)15-9(14)11-5-4-7(12)6-8(11)13;1-8(2,3)13-7(12)9-5-4-6(10)11/h4-6H2,1-3H3;4-5H2,1-3H3,(H,9,12)(H,10,11). The maximum Gasteiger partial charge on any atom is 0.417 e. The van der Waals surface area contributed by atoms with Crippen molar-refractivity contribution in [3.05, 3.63) is 0 Å². The number of rotatable bonds is 3. The molecule has 0 atom stereocenters. The zero-order valence-corrected chi connectivity index (χ0v) is 17.3. The quantitative estimate of drug-likeness (QED) is 0.684. The third kappa shape index (κ3) is 12.7. The minimum Gasteiger partial charge on any atom is -0.481 e. The minimum absolute atomic E-state index is 0.0875.